The number of hydrogen-bond acceptors (Lipinski definition) is 4. The monoisotopic (exact) mass is 295 g/mol. The topological polar surface area (TPSA) is 75.6 Å². The first-order chi connectivity index (χ1) is 9.47. The van der Waals surface area contributed by atoms with Crippen molar-refractivity contribution in [3.05, 3.63) is 29.8 Å². The average Bonchev–Trinajstić information content (AvgIpc) is 2.82. The Morgan fingerprint density at radius 3 is 2.85 bits per heavy atom. The second-order valence-electron chi connectivity index (χ2n) is 4.92. The predicted octanol–water partition coefficient (Wildman–Crippen LogP) is 0.488. The molecule has 0 bridgehead atoms. The molecule has 0 aliphatic carbocycles. The van der Waals surface area contributed by atoms with Crippen molar-refractivity contribution in [1.29, 1.82) is 0 Å². The van der Waals surface area contributed by atoms with E-state index < -0.39 is 15.6 Å². The van der Waals surface area contributed by atoms with Crippen LogP contribution in [-0.4, -0.2) is 38.9 Å². The van der Waals surface area contributed by atoms with E-state index in [0.29, 0.717) is 25.2 Å². The molecule has 108 valence electrons. The fraction of sp³-hybridized carbons (Fsp3) is 0.429. The van der Waals surface area contributed by atoms with E-state index in [9.17, 15) is 8.42 Å². The molecule has 1 heterocycles. The zero-order valence-corrected chi connectivity index (χ0v) is 12.0. The first-order valence-electron chi connectivity index (χ1n) is 6.27. The molecule has 1 aromatic rings. The number of ether oxygens (including phenoxy) is 1. The summed E-state index contributed by atoms with van der Waals surface area (Å²) < 4.78 is 32.9. The summed E-state index contributed by atoms with van der Waals surface area (Å²) in [6, 6.07) is 6.47. The normalized spacial score (nSPS) is 22.3. The Morgan fingerprint density at radius 2 is 2.20 bits per heavy atom. The molecule has 20 heavy (non-hydrogen) atoms. The molecule has 1 atom stereocenters. The van der Waals surface area contributed by atoms with Crippen molar-refractivity contribution in [2.45, 2.75) is 23.8 Å². The van der Waals surface area contributed by atoms with Crippen LogP contribution in [0, 0.1) is 11.8 Å². The quantitative estimate of drug-likeness (QED) is 0.796. The summed E-state index contributed by atoms with van der Waals surface area (Å²) in [6.45, 7) is 2.41. The number of aliphatic hydroxyl groups excluding tert-OH is 1. The van der Waals surface area contributed by atoms with Crippen molar-refractivity contribution in [3.63, 3.8) is 0 Å². The van der Waals surface area contributed by atoms with Crippen molar-refractivity contribution in [2.24, 2.45) is 0 Å². The maximum atomic E-state index is 12.5. The molecule has 1 fully saturated rings. The van der Waals surface area contributed by atoms with Gasteiger partial charge in [-0.2, -0.15) is 0 Å². The van der Waals surface area contributed by atoms with Gasteiger partial charge in [0.2, 0.25) is 10.0 Å². The number of benzene rings is 1. The van der Waals surface area contributed by atoms with Gasteiger partial charge >= 0.3 is 0 Å². The van der Waals surface area contributed by atoms with Crippen molar-refractivity contribution >= 4 is 10.0 Å². The van der Waals surface area contributed by atoms with Gasteiger partial charge in [0, 0.05) is 12.2 Å². The van der Waals surface area contributed by atoms with Gasteiger partial charge in [-0.1, -0.05) is 24.0 Å². The minimum absolute atomic E-state index is 0.120. The van der Waals surface area contributed by atoms with Gasteiger partial charge < -0.3 is 9.84 Å². The number of sulfonamides is 1. The van der Waals surface area contributed by atoms with E-state index in [1.807, 2.05) is 6.92 Å². The first kappa shape index (κ1) is 15.0. The van der Waals surface area contributed by atoms with Crippen LogP contribution in [0.2, 0.25) is 0 Å². The van der Waals surface area contributed by atoms with Crippen LogP contribution in [0.15, 0.2) is 29.2 Å². The highest BCUT2D eigenvalue weighted by Gasteiger charge is 2.35. The summed E-state index contributed by atoms with van der Waals surface area (Å²) >= 11 is 0. The van der Waals surface area contributed by atoms with E-state index in [0.717, 1.165) is 0 Å². The van der Waals surface area contributed by atoms with Gasteiger partial charge in [-0.3, -0.25) is 0 Å². The Hall–Kier alpha value is -1.39. The zero-order chi connectivity index (χ0) is 14.6. The fourth-order valence-corrected chi connectivity index (χ4v) is 3.65. The lowest BCUT2D eigenvalue weighted by atomic mass is 10.0. The lowest BCUT2D eigenvalue weighted by molar-refractivity contribution is 0.178. The van der Waals surface area contributed by atoms with Gasteiger partial charge in [0.15, 0.2) is 0 Å². The van der Waals surface area contributed by atoms with Gasteiger partial charge in [-0.15, -0.1) is 0 Å². The summed E-state index contributed by atoms with van der Waals surface area (Å²) in [6.07, 6.45) is 0.636. The van der Waals surface area contributed by atoms with E-state index in [4.69, 9.17) is 9.84 Å². The predicted molar refractivity (Wildman–Crippen MR) is 74.6 cm³/mol. The second kappa shape index (κ2) is 5.94. The maximum absolute atomic E-state index is 12.5. The van der Waals surface area contributed by atoms with E-state index in [-0.39, 0.29) is 11.5 Å². The Kier molecular flexibility index (Phi) is 4.45. The summed E-state index contributed by atoms with van der Waals surface area (Å²) in [4.78, 5) is 0.120. The Labute approximate surface area is 119 Å². The molecular formula is C14H17NO4S. The zero-order valence-electron chi connectivity index (χ0n) is 11.2. The molecule has 0 radical (unpaired) electrons. The maximum Gasteiger partial charge on any atom is 0.242 e. The smallest absolute Gasteiger partial charge is 0.242 e. The molecule has 0 spiro atoms. The largest absolute Gasteiger partial charge is 0.384 e. The van der Waals surface area contributed by atoms with E-state index in [2.05, 4.69) is 16.6 Å². The molecule has 0 amide bonds. The van der Waals surface area contributed by atoms with E-state index in [1.54, 1.807) is 18.2 Å². The van der Waals surface area contributed by atoms with Crippen LogP contribution >= 0.6 is 0 Å². The molecular weight excluding hydrogens is 278 g/mol. The second-order valence-corrected chi connectivity index (χ2v) is 6.58. The minimum Gasteiger partial charge on any atom is -0.384 e. The summed E-state index contributed by atoms with van der Waals surface area (Å²) in [5, 5.41) is 8.74. The number of hydrogen-bond donors (Lipinski definition) is 2. The average molecular weight is 295 g/mol. The van der Waals surface area contributed by atoms with Crippen LogP contribution in [0.4, 0.5) is 0 Å². The Morgan fingerprint density at radius 1 is 1.45 bits per heavy atom. The van der Waals surface area contributed by atoms with Gasteiger partial charge in [-0.25, -0.2) is 13.1 Å². The minimum atomic E-state index is -3.68. The van der Waals surface area contributed by atoms with Gasteiger partial charge in [0.25, 0.3) is 0 Å². The van der Waals surface area contributed by atoms with E-state index >= 15 is 0 Å². The molecule has 1 aliphatic heterocycles. The van der Waals surface area contributed by atoms with E-state index in [1.165, 1.54) is 6.07 Å². The highest BCUT2D eigenvalue weighted by atomic mass is 32.2. The molecule has 0 aromatic heterocycles. The third kappa shape index (κ3) is 3.38. The molecule has 2 rings (SSSR count). The summed E-state index contributed by atoms with van der Waals surface area (Å²) in [5.74, 6) is 5.12. The van der Waals surface area contributed by atoms with Crippen molar-refractivity contribution < 1.29 is 18.3 Å². The SMILES string of the molecule is CC1(NS(=O)(=O)c2ccccc2C#CCO)CCOC1. The van der Waals surface area contributed by atoms with Crippen LogP contribution in [0.5, 0.6) is 0 Å². The fourth-order valence-electron chi connectivity index (χ4n) is 2.07. The van der Waals surface area contributed by atoms with Gasteiger partial charge in [-0.05, 0) is 25.5 Å². The first-order valence-corrected chi connectivity index (χ1v) is 7.76. The molecule has 1 saturated heterocycles. The highest BCUT2D eigenvalue weighted by molar-refractivity contribution is 7.89. The Balaban J connectivity index is 2.34. The van der Waals surface area contributed by atoms with Crippen molar-refractivity contribution in [3.8, 4) is 11.8 Å². The third-order valence-corrected chi connectivity index (χ3v) is 4.77. The van der Waals surface area contributed by atoms with Crippen molar-refractivity contribution in [2.75, 3.05) is 19.8 Å². The Bertz CT molecular complexity index is 637. The van der Waals surface area contributed by atoms with Crippen LogP contribution in [-0.2, 0) is 14.8 Å². The molecule has 1 aromatic carbocycles. The lowest BCUT2D eigenvalue weighted by Gasteiger charge is -2.23. The van der Waals surface area contributed by atoms with Crippen LogP contribution in [0.1, 0.15) is 18.9 Å². The lowest BCUT2D eigenvalue weighted by Crippen LogP contribution is -2.46. The number of nitrogens with one attached hydrogen (secondary N) is 1. The third-order valence-electron chi connectivity index (χ3n) is 3.08. The summed E-state index contributed by atoms with van der Waals surface area (Å²) in [5.41, 5.74) is -0.215. The van der Waals surface area contributed by atoms with Crippen LogP contribution in [0.3, 0.4) is 0 Å². The molecule has 1 unspecified atom stereocenters. The molecule has 0 saturated carbocycles. The molecule has 2 N–H and O–H groups in total. The molecule has 1 aliphatic rings. The number of aliphatic hydroxyl groups is 1. The highest BCUT2D eigenvalue weighted by Crippen LogP contribution is 2.22. The van der Waals surface area contributed by atoms with Crippen molar-refractivity contribution in [1.82, 2.24) is 4.72 Å². The van der Waals surface area contributed by atoms with Crippen LogP contribution in [0.25, 0.3) is 0 Å². The van der Waals surface area contributed by atoms with Gasteiger partial charge in [0.05, 0.1) is 17.0 Å². The van der Waals surface area contributed by atoms with Crippen LogP contribution < -0.4 is 4.72 Å². The standard InChI is InChI=1S/C14H17NO4S/c1-14(8-10-19-11-14)15-20(17,18)13-7-3-2-5-12(13)6-4-9-16/h2-3,5,7,15-16H,8-11H2,1H3. The molecule has 5 nitrogen and oxygen atoms in total. The summed E-state index contributed by atoms with van der Waals surface area (Å²) in [7, 11) is -3.68. The molecule has 6 heteroatoms. The van der Waals surface area contributed by atoms with Gasteiger partial charge in [0.1, 0.15) is 6.61 Å². The number of rotatable bonds is 3.